The van der Waals surface area contributed by atoms with Gasteiger partial charge in [0.15, 0.2) is 6.61 Å². The van der Waals surface area contributed by atoms with Gasteiger partial charge in [0.05, 0.1) is 17.7 Å². The van der Waals surface area contributed by atoms with Gasteiger partial charge in [-0.2, -0.15) is 0 Å². The second-order valence-electron chi connectivity index (χ2n) is 6.70. The van der Waals surface area contributed by atoms with Gasteiger partial charge in [0.2, 0.25) is 0 Å². The summed E-state index contributed by atoms with van der Waals surface area (Å²) in [5.41, 5.74) is 5.26. The summed E-state index contributed by atoms with van der Waals surface area (Å²) < 4.78 is 10.1. The summed E-state index contributed by atoms with van der Waals surface area (Å²) in [5, 5.41) is 2.46. The van der Waals surface area contributed by atoms with E-state index >= 15 is 0 Å². The number of rotatable bonds is 5. The maximum absolute atomic E-state index is 12.4. The number of nitrogens with one attached hydrogen (secondary N) is 2. The van der Waals surface area contributed by atoms with Crippen LogP contribution >= 0.6 is 11.3 Å². The number of ether oxygens (including phenoxy) is 2. The lowest BCUT2D eigenvalue weighted by Gasteiger charge is -2.30. The average molecular weight is 442 g/mol. The SMILES string of the molecule is C#CCOC(=O)N1CCC(c2nc(C(=O)NNC(=O)c3ccccc3OC)cs2)CC1. The van der Waals surface area contributed by atoms with Gasteiger partial charge in [-0.1, -0.05) is 18.1 Å². The van der Waals surface area contributed by atoms with Crippen molar-refractivity contribution in [3.63, 3.8) is 0 Å². The summed E-state index contributed by atoms with van der Waals surface area (Å²) in [6.07, 6.45) is 6.11. The average Bonchev–Trinajstić information content (AvgIpc) is 3.31. The number of thiazole rings is 1. The minimum Gasteiger partial charge on any atom is -0.496 e. The molecule has 1 aromatic carbocycles. The van der Waals surface area contributed by atoms with Gasteiger partial charge in [0.25, 0.3) is 11.8 Å². The Morgan fingerprint density at radius 2 is 1.94 bits per heavy atom. The zero-order valence-corrected chi connectivity index (χ0v) is 17.7. The van der Waals surface area contributed by atoms with Crippen molar-refractivity contribution < 1.29 is 23.9 Å². The monoisotopic (exact) mass is 442 g/mol. The van der Waals surface area contributed by atoms with Crippen molar-refractivity contribution in [2.75, 3.05) is 26.8 Å². The number of aromatic nitrogens is 1. The van der Waals surface area contributed by atoms with Crippen LogP contribution in [0.4, 0.5) is 4.79 Å². The molecule has 31 heavy (non-hydrogen) atoms. The number of amides is 3. The van der Waals surface area contributed by atoms with E-state index < -0.39 is 17.9 Å². The molecular formula is C21H22N4O5S. The van der Waals surface area contributed by atoms with E-state index in [1.807, 2.05) is 0 Å². The van der Waals surface area contributed by atoms with Crippen LogP contribution in [0.2, 0.25) is 0 Å². The predicted molar refractivity (Wildman–Crippen MR) is 114 cm³/mol. The van der Waals surface area contributed by atoms with Gasteiger partial charge in [-0.15, -0.1) is 17.8 Å². The van der Waals surface area contributed by atoms with Crippen LogP contribution in [0, 0.1) is 12.3 Å². The first-order valence-electron chi connectivity index (χ1n) is 9.57. The van der Waals surface area contributed by atoms with Crippen molar-refractivity contribution in [1.29, 1.82) is 0 Å². The molecule has 2 aromatic rings. The summed E-state index contributed by atoms with van der Waals surface area (Å²) in [6.45, 7) is 1.02. The Labute approximate surface area is 183 Å². The van der Waals surface area contributed by atoms with E-state index in [9.17, 15) is 14.4 Å². The molecule has 0 bridgehead atoms. The Kier molecular flexibility index (Phi) is 7.45. The van der Waals surface area contributed by atoms with E-state index in [4.69, 9.17) is 15.9 Å². The van der Waals surface area contributed by atoms with Crippen molar-refractivity contribution in [3.05, 3.63) is 45.9 Å². The van der Waals surface area contributed by atoms with E-state index in [1.54, 1.807) is 34.5 Å². The number of piperidine rings is 1. The van der Waals surface area contributed by atoms with Crippen molar-refractivity contribution in [2.45, 2.75) is 18.8 Å². The summed E-state index contributed by atoms with van der Waals surface area (Å²) >= 11 is 1.38. The molecule has 0 spiro atoms. The highest BCUT2D eigenvalue weighted by Gasteiger charge is 2.27. The minimum absolute atomic E-state index is 0.0443. The Bertz CT molecular complexity index is 992. The smallest absolute Gasteiger partial charge is 0.410 e. The van der Waals surface area contributed by atoms with Gasteiger partial charge in [-0.05, 0) is 25.0 Å². The highest BCUT2D eigenvalue weighted by atomic mass is 32.1. The molecule has 1 fully saturated rings. The molecule has 1 aromatic heterocycles. The van der Waals surface area contributed by atoms with E-state index in [-0.39, 0.29) is 18.2 Å². The van der Waals surface area contributed by atoms with Crippen LogP contribution in [-0.4, -0.2) is 54.6 Å². The van der Waals surface area contributed by atoms with Crippen LogP contribution in [-0.2, 0) is 4.74 Å². The number of hydrogen-bond donors (Lipinski definition) is 2. The van der Waals surface area contributed by atoms with Crippen LogP contribution in [0.1, 0.15) is 44.6 Å². The van der Waals surface area contributed by atoms with Crippen LogP contribution in [0.25, 0.3) is 0 Å². The second-order valence-corrected chi connectivity index (χ2v) is 7.59. The zero-order chi connectivity index (χ0) is 22.2. The van der Waals surface area contributed by atoms with Crippen LogP contribution in [0.15, 0.2) is 29.6 Å². The fourth-order valence-electron chi connectivity index (χ4n) is 3.16. The fourth-order valence-corrected chi connectivity index (χ4v) is 4.13. The highest BCUT2D eigenvalue weighted by molar-refractivity contribution is 7.09. The number of carbonyl (C=O) groups excluding carboxylic acids is 3. The summed E-state index contributed by atoms with van der Waals surface area (Å²) in [6, 6.07) is 6.70. The van der Waals surface area contributed by atoms with E-state index in [0.717, 1.165) is 5.01 Å². The van der Waals surface area contributed by atoms with Gasteiger partial charge in [0.1, 0.15) is 11.4 Å². The Morgan fingerprint density at radius 3 is 2.65 bits per heavy atom. The Hall–Kier alpha value is -3.58. The molecule has 10 heteroatoms. The maximum atomic E-state index is 12.4. The molecule has 1 aliphatic heterocycles. The largest absolute Gasteiger partial charge is 0.496 e. The molecule has 0 unspecified atom stereocenters. The summed E-state index contributed by atoms with van der Waals surface area (Å²) in [5.74, 6) is 1.81. The number of likely N-dealkylation sites (tertiary alicyclic amines) is 1. The lowest BCUT2D eigenvalue weighted by atomic mass is 9.98. The number of benzene rings is 1. The minimum atomic E-state index is -0.513. The molecule has 0 atom stereocenters. The number of hydrazine groups is 1. The Morgan fingerprint density at radius 1 is 1.23 bits per heavy atom. The number of hydrogen-bond acceptors (Lipinski definition) is 7. The summed E-state index contributed by atoms with van der Waals surface area (Å²) in [4.78, 5) is 42.5. The normalized spacial score (nSPS) is 13.7. The van der Waals surface area contributed by atoms with Crippen LogP contribution < -0.4 is 15.6 Å². The first kappa shape index (κ1) is 22.1. The topological polar surface area (TPSA) is 110 Å². The third kappa shape index (κ3) is 5.52. The van der Waals surface area contributed by atoms with Gasteiger partial charge < -0.3 is 14.4 Å². The van der Waals surface area contributed by atoms with Crippen LogP contribution in [0.5, 0.6) is 5.75 Å². The highest BCUT2D eigenvalue weighted by Crippen LogP contribution is 2.30. The third-order valence-electron chi connectivity index (χ3n) is 4.78. The molecular weight excluding hydrogens is 420 g/mol. The molecule has 2 N–H and O–H groups in total. The number of para-hydroxylation sites is 1. The standard InChI is InChI=1S/C21H22N4O5S/c1-3-12-30-21(28)25-10-8-14(9-11-25)20-22-16(13-31-20)19(27)24-23-18(26)15-6-4-5-7-17(15)29-2/h1,4-7,13-14H,8-12H2,2H3,(H,23,26)(H,24,27). The Balaban J connectivity index is 1.51. The predicted octanol–water partition coefficient (Wildman–Crippen LogP) is 2.18. The molecule has 0 radical (unpaired) electrons. The number of carbonyl (C=O) groups is 3. The number of methoxy groups -OCH3 is 1. The zero-order valence-electron chi connectivity index (χ0n) is 16.9. The molecule has 162 valence electrons. The molecule has 1 aliphatic rings. The van der Waals surface area contributed by atoms with Crippen molar-refractivity contribution in [1.82, 2.24) is 20.7 Å². The molecule has 0 saturated carbocycles. The number of terminal acetylenes is 1. The lowest BCUT2D eigenvalue weighted by molar-refractivity contribution is 0.0842. The maximum Gasteiger partial charge on any atom is 0.410 e. The molecule has 1 saturated heterocycles. The molecule has 9 nitrogen and oxygen atoms in total. The van der Waals surface area contributed by atoms with Crippen molar-refractivity contribution in [3.8, 4) is 18.1 Å². The second kappa shape index (κ2) is 10.4. The van der Waals surface area contributed by atoms with E-state index in [0.29, 0.717) is 37.2 Å². The van der Waals surface area contributed by atoms with Crippen molar-refractivity contribution in [2.24, 2.45) is 0 Å². The molecule has 2 heterocycles. The summed E-state index contributed by atoms with van der Waals surface area (Å²) in [7, 11) is 1.46. The van der Waals surface area contributed by atoms with Gasteiger partial charge in [-0.25, -0.2) is 9.78 Å². The number of nitrogens with zero attached hydrogens (tertiary/aromatic N) is 2. The van der Waals surface area contributed by atoms with Gasteiger partial charge in [0, 0.05) is 24.4 Å². The molecule has 0 aliphatic carbocycles. The van der Waals surface area contributed by atoms with E-state index in [2.05, 4.69) is 21.8 Å². The molecule has 3 rings (SSSR count). The van der Waals surface area contributed by atoms with Gasteiger partial charge in [-0.3, -0.25) is 20.4 Å². The fraction of sp³-hybridized carbons (Fsp3) is 0.333. The van der Waals surface area contributed by atoms with E-state index in [1.165, 1.54) is 18.4 Å². The van der Waals surface area contributed by atoms with Crippen molar-refractivity contribution >= 4 is 29.2 Å². The first-order chi connectivity index (χ1) is 15.0. The quantitative estimate of drug-likeness (QED) is 0.543. The first-order valence-corrected chi connectivity index (χ1v) is 10.5. The van der Waals surface area contributed by atoms with Gasteiger partial charge >= 0.3 is 6.09 Å². The van der Waals surface area contributed by atoms with Crippen LogP contribution in [0.3, 0.4) is 0 Å². The lowest BCUT2D eigenvalue weighted by Crippen LogP contribution is -2.42. The third-order valence-corrected chi connectivity index (χ3v) is 5.78. The molecule has 3 amide bonds.